The summed E-state index contributed by atoms with van der Waals surface area (Å²) in [5.74, 6) is 1.57. The first-order valence-corrected chi connectivity index (χ1v) is 9.59. The molecular formula is C23H30N2O4. The highest BCUT2D eigenvalue weighted by atomic mass is 16.5. The van der Waals surface area contributed by atoms with Crippen molar-refractivity contribution in [3.05, 3.63) is 53.6 Å². The van der Waals surface area contributed by atoms with Gasteiger partial charge in [0.2, 0.25) is 0 Å². The number of methoxy groups -OCH3 is 2. The van der Waals surface area contributed by atoms with E-state index in [9.17, 15) is 4.79 Å². The van der Waals surface area contributed by atoms with E-state index in [0.717, 1.165) is 11.3 Å². The standard InChI is InChI=1S/C23H30N2O4/c1-7-19(16-8-13-20(27-5)21(14-16)28-6)24-25-22(26)15-29-18-11-9-17(10-12-18)23(2,3)4/h8-14H,7,15H2,1-6H3,(H,25,26)/b24-19+. The normalized spacial score (nSPS) is 11.7. The number of rotatable bonds is 8. The summed E-state index contributed by atoms with van der Waals surface area (Å²) in [6.07, 6.45) is 0.644. The summed E-state index contributed by atoms with van der Waals surface area (Å²) in [6, 6.07) is 13.3. The molecule has 0 aliphatic carbocycles. The van der Waals surface area contributed by atoms with E-state index in [1.54, 1.807) is 14.2 Å². The fourth-order valence-electron chi connectivity index (χ4n) is 2.73. The van der Waals surface area contributed by atoms with E-state index >= 15 is 0 Å². The maximum Gasteiger partial charge on any atom is 0.277 e. The van der Waals surface area contributed by atoms with Crippen LogP contribution in [0.15, 0.2) is 47.6 Å². The topological polar surface area (TPSA) is 69.2 Å². The lowest BCUT2D eigenvalue weighted by Gasteiger charge is -2.19. The predicted molar refractivity (Wildman–Crippen MR) is 115 cm³/mol. The highest BCUT2D eigenvalue weighted by molar-refractivity contribution is 6.01. The molecule has 0 fully saturated rings. The molecule has 1 N–H and O–H groups in total. The van der Waals surface area contributed by atoms with Crippen molar-refractivity contribution in [1.82, 2.24) is 5.43 Å². The van der Waals surface area contributed by atoms with Gasteiger partial charge in [-0.15, -0.1) is 0 Å². The summed E-state index contributed by atoms with van der Waals surface area (Å²) >= 11 is 0. The average molecular weight is 399 g/mol. The third kappa shape index (κ3) is 6.24. The predicted octanol–water partition coefficient (Wildman–Crippen LogP) is 4.31. The van der Waals surface area contributed by atoms with Gasteiger partial charge in [-0.05, 0) is 47.7 Å². The Morgan fingerprint density at radius 2 is 1.66 bits per heavy atom. The minimum absolute atomic E-state index is 0.0747. The van der Waals surface area contributed by atoms with Crippen molar-refractivity contribution < 1.29 is 19.0 Å². The van der Waals surface area contributed by atoms with Gasteiger partial charge < -0.3 is 14.2 Å². The molecule has 0 saturated carbocycles. The molecule has 2 aromatic carbocycles. The number of carbonyl (C=O) groups excluding carboxylic acids is 1. The number of amides is 1. The Morgan fingerprint density at radius 1 is 1.00 bits per heavy atom. The van der Waals surface area contributed by atoms with E-state index in [0.29, 0.717) is 23.7 Å². The molecule has 156 valence electrons. The summed E-state index contributed by atoms with van der Waals surface area (Å²) in [5.41, 5.74) is 5.42. The van der Waals surface area contributed by atoms with Gasteiger partial charge in [-0.2, -0.15) is 5.10 Å². The Morgan fingerprint density at radius 3 is 2.21 bits per heavy atom. The largest absolute Gasteiger partial charge is 0.493 e. The molecule has 0 atom stereocenters. The summed E-state index contributed by atoms with van der Waals surface area (Å²) in [4.78, 5) is 12.1. The first-order chi connectivity index (χ1) is 13.8. The molecule has 0 bridgehead atoms. The van der Waals surface area contributed by atoms with Crippen LogP contribution in [-0.2, 0) is 10.2 Å². The number of hydrogen-bond acceptors (Lipinski definition) is 5. The molecule has 0 unspecified atom stereocenters. The van der Waals surface area contributed by atoms with Crippen molar-refractivity contribution in [1.29, 1.82) is 0 Å². The first kappa shape index (κ1) is 22.3. The lowest BCUT2D eigenvalue weighted by atomic mass is 9.87. The molecule has 0 saturated heterocycles. The Bertz CT molecular complexity index is 852. The third-order valence-electron chi connectivity index (χ3n) is 4.46. The van der Waals surface area contributed by atoms with Gasteiger partial charge in [-0.1, -0.05) is 39.8 Å². The van der Waals surface area contributed by atoms with Gasteiger partial charge in [-0.3, -0.25) is 4.79 Å². The van der Waals surface area contributed by atoms with E-state index in [1.165, 1.54) is 5.56 Å². The molecule has 0 radical (unpaired) electrons. The van der Waals surface area contributed by atoms with Crippen LogP contribution < -0.4 is 19.6 Å². The average Bonchev–Trinajstić information content (AvgIpc) is 2.72. The van der Waals surface area contributed by atoms with Crippen LogP contribution in [0.1, 0.15) is 45.2 Å². The monoisotopic (exact) mass is 398 g/mol. The minimum atomic E-state index is -0.323. The number of ether oxygens (including phenoxy) is 3. The summed E-state index contributed by atoms with van der Waals surface area (Å²) < 4.78 is 16.1. The molecule has 0 aromatic heterocycles. The Labute approximate surface area is 172 Å². The van der Waals surface area contributed by atoms with Crippen LogP contribution in [0.25, 0.3) is 0 Å². The molecule has 6 nitrogen and oxygen atoms in total. The zero-order valence-corrected chi connectivity index (χ0v) is 18.0. The zero-order chi connectivity index (χ0) is 21.4. The van der Waals surface area contributed by atoms with Crippen LogP contribution in [0.2, 0.25) is 0 Å². The summed E-state index contributed by atoms with van der Waals surface area (Å²) in [5, 5.41) is 4.24. The second-order valence-corrected chi connectivity index (χ2v) is 7.58. The quantitative estimate of drug-likeness (QED) is 0.531. The second kappa shape index (κ2) is 9.96. The molecular weight excluding hydrogens is 368 g/mol. The highest BCUT2D eigenvalue weighted by Gasteiger charge is 2.13. The molecule has 2 aromatic rings. The van der Waals surface area contributed by atoms with Crippen molar-refractivity contribution in [3.63, 3.8) is 0 Å². The maximum absolute atomic E-state index is 12.1. The van der Waals surface area contributed by atoms with Gasteiger partial charge in [0.1, 0.15) is 5.75 Å². The number of carbonyl (C=O) groups is 1. The van der Waals surface area contributed by atoms with Crippen molar-refractivity contribution in [3.8, 4) is 17.2 Å². The Hall–Kier alpha value is -3.02. The van der Waals surface area contributed by atoms with Crippen LogP contribution in [-0.4, -0.2) is 32.4 Å². The van der Waals surface area contributed by atoms with Gasteiger partial charge in [0.15, 0.2) is 18.1 Å². The number of nitrogens with one attached hydrogen (secondary N) is 1. The lowest BCUT2D eigenvalue weighted by Crippen LogP contribution is -2.26. The lowest BCUT2D eigenvalue weighted by molar-refractivity contribution is -0.123. The molecule has 2 rings (SSSR count). The maximum atomic E-state index is 12.1. The Kier molecular flexibility index (Phi) is 7.65. The molecule has 0 aliphatic rings. The van der Waals surface area contributed by atoms with Crippen molar-refractivity contribution in [2.75, 3.05) is 20.8 Å². The van der Waals surface area contributed by atoms with Crippen molar-refractivity contribution in [2.45, 2.75) is 39.5 Å². The second-order valence-electron chi connectivity index (χ2n) is 7.58. The zero-order valence-electron chi connectivity index (χ0n) is 18.0. The fraction of sp³-hybridized carbons (Fsp3) is 0.391. The summed E-state index contributed by atoms with van der Waals surface area (Å²) in [6.45, 7) is 8.31. The number of hydrogen-bond donors (Lipinski definition) is 1. The SMILES string of the molecule is CC/C(=N\NC(=O)COc1ccc(C(C)(C)C)cc1)c1ccc(OC)c(OC)c1. The first-order valence-electron chi connectivity index (χ1n) is 9.59. The van der Waals surface area contributed by atoms with Gasteiger partial charge in [0, 0.05) is 5.56 Å². The number of benzene rings is 2. The summed E-state index contributed by atoms with van der Waals surface area (Å²) in [7, 11) is 3.17. The van der Waals surface area contributed by atoms with E-state index in [1.807, 2.05) is 49.4 Å². The van der Waals surface area contributed by atoms with Crippen LogP contribution in [0.4, 0.5) is 0 Å². The highest BCUT2D eigenvalue weighted by Crippen LogP contribution is 2.28. The van der Waals surface area contributed by atoms with Crippen LogP contribution >= 0.6 is 0 Å². The molecule has 29 heavy (non-hydrogen) atoms. The molecule has 0 aliphatic heterocycles. The van der Waals surface area contributed by atoms with Crippen LogP contribution in [0.5, 0.6) is 17.2 Å². The number of hydrazone groups is 1. The van der Waals surface area contributed by atoms with Crippen molar-refractivity contribution in [2.24, 2.45) is 5.10 Å². The fourth-order valence-corrected chi connectivity index (χ4v) is 2.73. The van der Waals surface area contributed by atoms with Crippen molar-refractivity contribution >= 4 is 11.6 Å². The van der Waals surface area contributed by atoms with Gasteiger partial charge in [-0.25, -0.2) is 5.43 Å². The molecule has 0 heterocycles. The van der Waals surface area contributed by atoms with E-state index in [4.69, 9.17) is 14.2 Å². The van der Waals surface area contributed by atoms with Crippen LogP contribution in [0, 0.1) is 0 Å². The third-order valence-corrected chi connectivity index (χ3v) is 4.46. The minimum Gasteiger partial charge on any atom is -0.493 e. The van der Waals surface area contributed by atoms with Gasteiger partial charge >= 0.3 is 0 Å². The van der Waals surface area contributed by atoms with E-state index in [-0.39, 0.29) is 17.9 Å². The molecule has 6 heteroatoms. The van der Waals surface area contributed by atoms with Gasteiger partial charge in [0.25, 0.3) is 5.91 Å². The smallest absolute Gasteiger partial charge is 0.277 e. The Balaban J connectivity index is 1.98. The molecule has 1 amide bonds. The van der Waals surface area contributed by atoms with E-state index < -0.39 is 0 Å². The number of nitrogens with zero attached hydrogens (tertiary/aromatic N) is 1. The van der Waals surface area contributed by atoms with E-state index in [2.05, 4.69) is 31.3 Å². The molecule has 0 spiro atoms. The van der Waals surface area contributed by atoms with Crippen LogP contribution in [0.3, 0.4) is 0 Å². The van der Waals surface area contributed by atoms with Gasteiger partial charge in [0.05, 0.1) is 19.9 Å².